The van der Waals surface area contributed by atoms with Crippen molar-refractivity contribution in [3.63, 3.8) is 0 Å². The van der Waals surface area contributed by atoms with Crippen molar-refractivity contribution in [2.75, 3.05) is 24.5 Å². The Morgan fingerprint density at radius 2 is 2.00 bits per heavy atom. The van der Waals surface area contributed by atoms with E-state index in [4.69, 9.17) is 11.6 Å². The highest BCUT2D eigenvalue weighted by Gasteiger charge is 2.36. The molecule has 8 heteroatoms. The second-order valence-electron chi connectivity index (χ2n) is 6.22. The number of nitrogens with zero attached hydrogens (tertiary/aromatic N) is 2. The summed E-state index contributed by atoms with van der Waals surface area (Å²) in [6.45, 7) is -0.652. The Labute approximate surface area is 159 Å². The van der Waals surface area contributed by atoms with Crippen LogP contribution in [0.3, 0.4) is 0 Å². The monoisotopic (exact) mass is 402 g/mol. The van der Waals surface area contributed by atoms with Crippen LogP contribution in [-0.2, 0) is 4.79 Å². The Hall–Kier alpha value is -1.57. The minimum absolute atomic E-state index is 0.0404. The Bertz CT molecular complexity index is 734. The molecule has 1 saturated heterocycles. The lowest BCUT2D eigenvalue weighted by Crippen LogP contribution is -2.44. The molecule has 0 N–H and O–H groups in total. The summed E-state index contributed by atoms with van der Waals surface area (Å²) in [6.07, 6.45) is -2.64. The molecule has 1 unspecified atom stereocenters. The molecule has 3 nitrogen and oxygen atoms in total. The standard InChI is InChI=1S/C18H18ClF3N2OS/c19-13-5-7-14(8-6-13)24(12-18(20,21)22)17(25)11-23-9-1-3-15(23)16-4-2-10-26-16/h2,4-8,10,15H,1,3,9,11-12H2. The molecule has 1 aromatic carbocycles. The molecule has 0 spiro atoms. The van der Waals surface area contributed by atoms with Gasteiger partial charge < -0.3 is 4.90 Å². The second kappa shape index (κ2) is 7.98. The van der Waals surface area contributed by atoms with Crippen molar-refractivity contribution in [2.24, 2.45) is 0 Å². The molecule has 26 heavy (non-hydrogen) atoms. The lowest BCUT2D eigenvalue weighted by atomic mass is 10.2. The number of amides is 1. The van der Waals surface area contributed by atoms with Crippen LogP contribution in [0.4, 0.5) is 18.9 Å². The zero-order valence-corrected chi connectivity index (χ0v) is 15.4. The second-order valence-corrected chi connectivity index (χ2v) is 7.63. The largest absolute Gasteiger partial charge is 0.406 e. The van der Waals surface area contributed by atoms with Crippen LogP contribution < -0.4 is 4.90 Å². The van der Waals surface area contributed by atoms with Crippen molar-refractivity contribution in [3.05, 3.63) is 51.7 Å². The van der Waals surface area contributed by atoms with Crippen LogP contribution >= 0.6 is 22.9 Å². The molecule has 3 rings (SSSR count). The molecule has 1 atom stereocenters. The Balaban J connectivity index is 1.77. The predicted octanol–water partition coefficient (Wildman–Crippen LogP) is 5.13. The molecule has 0 radical (unpaired) electrons. The van der Waals surface area contributed by atoms with Crippen molar-refractivity contribution in [3.8, 4) is 0 Å². The molecule has 0 bridgehead atoms. The van der Waals surface area contributed by atoms with Gasteiger partial charge >= 0.3 is 6.18 Å². The van der Waals surface area contributed by atoms with Crippen LogP contribution in [0.2, 0.25) is 5.02 Å². The van der Waals surface area contributed by atoms with E-state index in [0.717, 1.165) is 22.6 Å². The number of hydrogen-bond acceptors (Lipinski definition) is 3. The fourth-order valence-electron chi connectivity index (χ4n) is 3.20. The van der Waals surface area contributed by atoms with Gasteiger partial charge in [-0.25, -0.2) is 0 Å². The number of anilines is 1. The normalized spacial score (nSPS) is 18.2. The number of carbonyl (C=O) groups is 1. The van der Waals surface area contributed by atoms with E-state index >= 15 is 0 Å². The van der Waals surface area contributed by atoms with Gasteiger partial charge in [-0.3, -0.25) is 9.69 Å². The predicted molar refractivity (Wildman–Crippen MR) is 97.7 cm³/mol. The number of halogens is 4. The molecule has 1 amide bonds. The Morgan fingerprint density at radius 1 is 1.27 bits per heavy atom. The third-order valence-corrected chi connectivity index (χ3v) is 5.58. The van der Waals surface area contributed by atoms with Crippen LogP contribution in [0, 0.1) is 0 Å². The summed E-state index contributed by atoms with van der Waals surface area (Å²) in [4.78, 5) is 16.6. The lowest BCUT2D eigenvalue weighted by molar-refractivity contribution is -0.133. The summed E-state index contributed by atoms with van der Waals surface area (Å²) in [5.74, 6) is -0.562. The summed E-state index contributed by atoms with van der Waals surface area (Å²) in [5.41, 5.74) is 0.198. The lowest BCUT2D eigenvalue weighted by Gasteiger charge is -2.29. The zero-order valence-electron chi connectivity index (χ0n) is 13.9. The van der Waals surface area contributed by atoms with Gasteiger partial charge in [-0.1, -0.05) is 17.7 Å². The quantitative estimate of drug-likeness (QED) is 0.691. The van der Waals surface area contributed by atoms with Gasteiger partial charge in [-0.15, -0.1) is 11.3 Å². The number of benzene rings is 1. The number of hydrogen-bond donors (Lipinski definition) is 0. The topological polar surface area (TPSA) is 23.6 Å². The summed E-state index contributed by atoms with van der Waals surface area (Å²) in [5, 5.41) is 2.38. The van der Waals surface area contributed by atoms with E-state index < -0.39 is 18.6 Å². The highest BCUT2D eigenvalue weighted by Crippen LogP contribution is 2.34. The first kappa shape index (κ1) is 19.2. The van der Waals surface area contributed by atoms with E-state index in [1.807, 2.05) is 22.4 Å². The fraction of sp³-hybridized carbons (Fsp3) is 0.389. The zero-order chi connectivity index (χ0) is 18.7. The van der Waals surface area contributed by atoms with Gasteiger partial charge in [0.1, 0.15) is 6.54 Å². The van der Waals surface area contributed by atoms with E-state index in [1.54, 1.807) is 11.3 Å². The van der Waals surface area contributed by atoms with Crippen LogP contribution in [0.15, 0.2) is 41.8 Å². The molecular formula is C18H18ClF3N2OS. The third-order valence-electron chi connectivity index (χ3n) is 4.35. The average molecular weight is 403 g/mol. The third kappa shape index (κ3) is 4.78. The first-order chi connectivity index (χ1) is 12.3. The minimum atomic E-state index is -4.48. The van der Waals surface area contributed by atoms with Crippen LogP contribution in [0.1, 0.15) is 23.8 Å². The van der Waals surface area contributed by atoms with Crippen molar-refractivity contribution in [1.29, 1.82) is 0 Å². The van der Waals surface area contributed by atoms with Gasteiger partial charge in [0.2, 0.25) is 5.91 Å². The van der Waals surface area contributed by atoms with Gasteiger partial charge in [0, 0.05) is 21.6 Å². The van der Waals surface area contributed by atoms with Gasteiger partial charge in [-0.2, -0.15) is 13.2 Å². The number of rotatable bonds is 5. The minimum Gasteiger partial charge on any atom is -0.302 e. The molecule has 140 valence electrons. The molecule has 0 aliphatic carbocycles. The summed E-state index contributed by atoms with van der Waals surface area (Å²) in [7, 11) is 0. The smallest absolute Gasteiger partial charge is 0.302 e. The highest BCUT2D eigenvalue weighted by atomic mass is 35.5. The number of likely N-dealkylation sites (tertiary alicyclic amines) is 1. The van der Waals surface area contributed by atoms with Crippen molar-refractivity contribution in [1.82, 2.24) is 4.90 Å². The number of carbonyl (C=O) groups excluding carboxylic acids is 1. The van der Waals surface area contributed by atoms with Gasteiger partial charge in [-0.05, 0) is 55.1 Å². The molecular weight excluding hydrogens is 385 g/mol. The van der Waals surface area contributed by atoms with Gasteiger partial charge in [0.25, 0.3) is 0 Å². The molecule has 1 aliphatic heterocycles. The summed E-state index contributed by atoms with van der Waals surface area (Å²) >= 11 is 7.42. The van der Waals surface area contributed by atoms with E-state index in [-0.39, 0.29) is 18.3 Å². The van der Waals surface area contributed by atoms with E-state index in [1.165, 1.54) is 24.3 Å². The fourth-order valence-corrected chi connectivity index (χ4v) is 4.22. The molecule has 1 fully saturated rings. The maximum absolute atomic E-state index is 13.0. The Kier molecular flexibility index (Phi) is 5.89. The van der Waals surface area contributed by atoms with Crippen molar-refractivity contribution in [2.45, 2.75) is 25.1 Å². The number of thiophene rings is 1. The van der Waals surface area contributed by atoms with E-state index in [9.17, 15) is 18.0 Å². The summed E-state index contributed by atoms with van der Waals surface area (Å²) in [6, 6.07) is 9.89. The molecule has 1 aliphatic rings. The molecule has 2 aromatic rings. The molecule has 1 aromatic heterocycles. The SMILES string of the molecule is O=C(CN1CCCC1c1cccs1)N(CC(F)(F)F)c1ccc(Cl)cc1. The first-order valence-electron chi connectivity index (χ1n) is 8.23. The van der Waals surface area contributed by atoms with Crippen LogP contribution in [0.5, 0.6) is 0 Å². The highest BCUT2D eigenvalue weighted by molar-refractivity contribution is 7.10. The maximum Gasteiger partial charge on any atom is 0.406 e. The summed E-state index contributed by atoms with van der Waals surface area (Å²) < 4.78 is 39.0. The molecule has 2 heterocycles. The Morgan fingerprint density at radius 3 is 2.62 bits per heavy atom. The van der Waals surface area contributed by atoms with Crippen molar-refractivity contribution >= 4 is 34.5 Å². The molecule has 0 saturated carbocycles. The average Bonchev–Trinajstić information content (AvgIpc) is 3.23. The van der Waals surface area contributed by atoms with Crippen LogP contribution in [-0.4, -0.2) is 36.6 Å². The van der Waals surface area contributed by atoms with Crippen molar-refractivity contribution < 1.29 is 18.0 Å². The van der Waals surface area contributed by atoms with E-state index in [2.05, 4.69) is 0 Å². The maximum atomic E-state index is 13.0. The number of alkyl halides is 3. The first-order valence-corrected chi connectivity index (χ1v) is 9.49. The van der Waals surface area contributed by atoms with Gasteiger partial charge in [0.05, 0.1) is 6.54 Å². The van der Waals surface area contributed by atoms with Gasteiger partial charge in [0.15, 0.2) is 0 Å². The van der Waals surface area contributed by atoms with E-state index in [0.29, 0.717) is 11.6 Å². The van der Waals surface area contributed by atoms with Crippen LogP contribution in [0.25, 0.3) is 0 Å².